The van der Waals surface area contributed by atoms with Crippen molar-refractivity contribution in [3.05, 3.63) is 62.4 Å². The number of hydrogen-bond donors (Lipinski definition) is 1. The summed E-state index contributed by atoms with van der Waals surface area (Å²) in [6, 6.07) is 7.98. The van der Waals surface area contributed by atoms with Gasteiger partial charge in [0, 0.05) is 25.9 Å². The number of nitrogens with zero attached hydrogens (tertiary/aromatic N) is 4. The number of H-pyrrole nitrogens is 1. The molecule has 142 valence electrons. The highest BCUT2D eigenvalue weighted by Gasteiger charge is 2.14. The van der Waals surface area contributed by atoms with Crippen LogP contribution in [0.3, 0.4) is 0 Å². The molecule has 0 aliphatic carbocycles. The molecule has 0 aliphatic rings. The Balaban J connectivity index is 1.99. The normalized spacial score (nSPS) is 11.1. The molecule has 0 amide bonds. The Labute approximate surface area is 161 Å². The second kappa shape index (κ2) is 8.39. The lowest BCUT2D eigenvalue weighted by molar-refractivity contribution is 0.791. The topological polar surface area (TPSA) is 83.9 Å². The minimum Gasteiger partial charge on any atom is -0.341 e. The van der Waals surface area contributed by atoms with E-state index < -0.39 is 5.56 Å². The molecule has 1 N–H and O–H groups in total. The smallest absolute Gasteiger partial charge is 0.301 e. The van der Waals surface area contributed by atoms with E-state index >= 15 is 0 Å². The fraction of sp³-hybridized carbons (Fsp3) is 0.368. The highest BCUT2D eigenvalue weighted by Crippen LogP contribution is 2.13. The first-order valence-corrected chi connectivity index (χ1v) is 9.99. The summed E-state index contributed by atoms with van der Waals surface area (Å²) < 4.78 is 1.73. The highest BCUT2D eigenvalue weighted by atomic mass is 32.2. The number of aryl methyl sites for hydroxylation is 2. The Bertz CT molecular complexity index is 1060. The maximum atomic E-state index is 12.8. The van der Waals surface area contributed by atoms with Gasteiger partial charge in [-0.1, -0.05) is 31.2 Å². The molecule has 0 atom stereocenters. The molecule has 1 aromatic carbocycles. The van der Waals surface area contributed by atoms with Crippen molar-refractivity contribution >= 4 is 28.7 Å². The Hall–Kier alpha value is -2.61. The number of benzene rings is 1. The predicted molar refractivity (Wildman–Crippen MR) is 111 cm³/mol. The van der Waals surface area contributed by atoms with Crippen LogP contribution < -0.4 is 16.0 Å². The Morgan fingerprint density at radius 3 is 2.78 bits per heavy atom. The third kappa shape index (κ3) is 4.21. The number of hydrogen-bond acceptors (Lipinski definition) is 6. The summed E-state index contributed by atoms with van der Waals surface area (Å²) in [5, 5.41) is 0. The van der Waals surface area contributed by atoms with E-state index in [0.717, 1.165) is 22.6 Å². The molecule has 7 nitrogen and oxygen atoms in total. The quantitative estimate of drug-likeness (QED) is 0.628. The Morgan fingerprint density at radius 2 is 2.04 bits per heavy atom. The van der Waals surface area contributed by atoms with Gasteiger partial charge in [-0.15, -0.1) is 0 Å². The van der Waals surface area contributed by atoms with Crippen LogP contribution >= 0.6 is 11.8 Å². The minimum atomic E-state index is -0.503. The molecular formula is C19H23N5O2S. The van der Waals surface area contributed by atoms with Crippen molar-refractivity contribution in [1.82, 2.24) is 19.5 Å². The summed E-state index contributed by atoms with van der Waals surface area (Å²) >= 11 is 1.77. The fourth-order valence-electron chi connectivity index (χ4n) is 2.89. The monoisotopic (exact) mass is 385 g/mol. The van der Waals surface area contributed by atoms with Crippen LogP contribution in [0.1, 0.15) is 18.1 Å². The molecule has 0 radical (unpaired) electrons. The van der Waals surface area contributed by atoms with Crippen molar-refractivity contribution in [2.75, 3.05) is 23.5 Å². The number of aromatic nitrogens is 4. The average Bonchev–Trinajstić information content (AvgIpc) is 3.02. The van der Waals surface area contributed by atoms with Crippen LogP contribution in [0.4, 0.5) is 5.95 Å². The number of imidazole rings is 1. The summed E-state index contributed by atoms with van der Waals surface area (Å²) in [6.45, 7) is 5.26. The zero-order valence-electron chi connectivity index (χ0n) is 15.7. The van der Waals surface area contributed by atoms with Crippen LogP contribution in [0, 0.1) is 6.92 Å². The third-order valence-corrected chi connectivity index (χ3v) is 5.28. The molecule has 0 unspecified atom stereocenters. The van der Waals surface area contributed by atoms with Crippen molar-refractivity contribution in [3.63, 3.8) is 0 Å². The van der Waals surface area contributed by atoms with Gasteiger partial charge in [-0.05, 0) is 23.8 Å². The predicted octanol–water partition coefficient (Wildman–Crippen LogP) is 2.18. The van der Waals surface area contributed by atoms with E-state index in [0.29, 0.717) is 13.1 Å². The molecule has 0 fully saturated rings. The molecular weight excluding hydrogens is 362 g/mol. The zero-order valence-corrected chi connectivity index (χ0v) is 16.5. The molecule has 0 spiro atoms. The second-order valence-corrected chi connectivity index (χ2v) is 7.70. The maximum Gasteiger partial charge on any atom is 0.301 e. The lowest BCUT2D eigenvalue weighted by atomic mass is 10.1. The molecule has 3 aromatic rings. The number of thioether (sulfide) groups is 1. The molecule has 3 rings (SSSR count). The number of rotatable bonds is 7. The third-order valence-electron chi connectivity index (χ3n) is 4.40. The summed E-state index contributed by atoms with van der Waals surface area (Å²) in [6.07, 6.45) is 1.54. The van der Waals surface area contributed by atoms with Crippen molar-refractivity contribution in [2.24, 2.45) is 0 Å². The van der Waals surface area contributed by atoms with E-state index in [9.17, 15) is 9.59 Å². The van der Waals surface area contributed by atoms with Gasteiger partial charge in [0.05, 0.1) is 6.33 Å². The number of nitrogens with one attached hydrogen (secondary N) is 1. The van der Waals surface area contributed by atoms with Gasteiger partial charge in [0.15, 0.2) is 5.52 Å². The van der Waals surface area contributed by atoms with Crippen LogP contribution in [0.25, 0.3) is 11.0 Å². The van der Waals surface area contributed by atoms with Crippen LogP contribution in [-0.2, 0) is 13.1 Å². The summed E-state index contributed by atoms with van der Waals surface area (Å²) in [5.41, 5.74) is 1.77. The molecule has 0 saturated heterocycles. The lowest BCUT2D eigenvalue weighted by Crippen LogP contribution is -2.22. The summed E-state index contributed by atoms with van der Waals surface area (Å²) in [4.78, 5) is 38.1. The van der Waals surface area contributed by atoms with Gasteiger partial charge < -0.3 is 9.47 Å². The number of aromatic amines is 1. The van der Waals surface area contributed by atoms with Gasteiger partial charge in [-0.2, -0.15) is 16.7 Å². The van der Waals surface area contributed by atoms with E-state index in [4.69, 9.17) is 0 Å². The van der Waals surface area contributed by atoms with Crippen molar-refractivity contribution in [1.29, 1.82) is 0 Å². The van der Waals surface area contributed by atoms with Gasteiger partial charge in [0.2, 0.25) is 5.95 Å². The molecule has 0 saturated carbocycles. The van der Waals surface area contributed by atoms with Crippen molar-refractivity contribution in [3.8, 4) is 0 Å². The molecule has 0 bridgehead atoms. The number of anilines is 1. The van der Waals surface area contributed by atoms with Crippen molar-refractivity contribution < 1.29 is 0 Å². The van der Waals surface area contributed by atoms with Crippen LogP contribution in [-0.4, -0.2) is 38.1 Å². The Kier molecular flexibility index (Phi) is 5.95. The van der Waals surface area contributed by atoms with Gasteiger partial charge in [-0.25, -0.2) is 4.98 Å². The maximum absolute atomic E-state index is 12.8. The summed E-state index contributed by atoms with van der Waals surface area (Å²) in [7, 11) is 1.80. The molecule has 2 heterocycles. The largest absolute Gasteiger partial charge is 0.341 e. The van der Waals surface area contributed by atoms with Gasteiger partial charge in [-0.3, -0.25) is 14.6 Å². The van der Waals surface area contributed by atoms with E-state index in [-0.39, 0.29) is 22.5 Å². The van der Waals surface area contributed by atoms with Gasteiger partial charge in [0.1, 0.15) is 5.52 Å². The first-order chi connectivity index (χ1) is 13.0. The highest BCUT2D eigenvalue weighted by molar-refractivity contribution is 7.99. The van der Waals surface area contributed by atoms with Crippen LogP contribution in [0.15, 0.2) is 40.2 Å². The first kappa shape index (κ1) is 19.2. The van der Waals surface area contributed by atoms with Gasteiger partial charge >= 0.3 is 5.56 Å². The first-order valence-electron chi connectivity index (χ1n) is 8.84. The molecule has 2 aromatic heterocycles. The molecule has 0 aliphatic heterocycles. The van der Waals surface area contributed by atoms with Crippen LogP contribution in [0.2, 0.25) is 0 Å². The van der Waals surface area contributed by atoms with Crippen molar-refractivity contribution in [2.45, 2.75) is 26.9 Å². The average molecular weight is 385 g/mol. The van der Waals surface area contributed by atoms with E-state index in [1.165, 1.54) is 6.33 Å². The van der Waals surface area contributed by atoms with Crippen LogP contribution in [0.5, 0.6) is 0 Å². The summed E-state index contributed by atoms with van der Waals surface area (Å²) in [5.74, 6) is 2.08. The zero-order chi connectivity index (χ0) is 19.4. The second-order valence-electron chi connectivity index (χ2n) is 6.31. The van der Waals surface area contributed by atoms with Gasteiger partial charge in [0.25, 0.3) is 5.56 Å². The lowest BCUT2D eigenvalue weighted by Gasteiger charge is -2.17. The van der Waals surface area contributed by atoms with E-state index in [2.05, 4.69) is 21.9 Å². The molecule has 27 heavy (non-hydrogen) atoms. The fourth-order valence-corrected chi connectivity index (χ4v) is 3.50. The van der Waals surface area contributed by atoms with E-state index in [1.807, 2.05) is 31.2 Å². The number of fused-ring (bicyclic) bond motifs is 1. The SMILES string of the molecule is CCSCCn1cnc2c(=O)nc(N(C)Cc3ccccc3C)[nH]c(=O)c21. The molecule has 8 heteroatoms. The Morgan fingerprint density at radius 1 is 1.26 bits per heavy atom. The standard InChI is InChI=1S/C19H23N5O2S/c1-4-27-10-9-24-12-20-15-16(24)18(26)22-19(21-17(15)25)23(3)11-14-8-6-5-7-13(14)2/h5-8,12H,4,9-11H2,1-3H3,(H,21,22,25,26). The minimum absolute atomic E-state index is 0.105. The van der Waals surface area contributed by atoms with E-state index in [1.54, 1.807) is 28.3 Å².